The molecule has 0 aliphatic carbocycles. The van der Waals surface area contributed by atoms with Crippen LogP contribution in [-0.4, -0.2) is 40.5 Å². The molecule has 3 rings (SSSR count). The Kier molecular flexibility index (Phi) is 5.24. The largest absolute Gasteiger partial charge is 0.468 e. The highest BCUT2D eigenvalue weighted by atomic mass is 16.3. The summed E-state index contributed by atoms with van der Waals surface area (Å²) in [5, 5.41) is 0. The fraction of sp³-hybridized carbons (Fsp3) is 0.500. The first-order chi connectivity index (χ1) is 10.8. The molecule has 0 bridgehead atoms. The van der Waals surface area contributed by atoms with Gasteiger partial charge in [0.2, 0.25) is 0 Å². The summed E-state index contributed by atoms with van der Waals surface area (Å²) < 4.78 is 5.55. The Morgan fingerprint density at radius 2 is 2.14 bits per heavy atom. The van der Waals surface area contributed by atoms with Crippen LogP contribution in [0, 0.1) is 0 Å². The van der Waals surface area contributed by atoms with Gasteiger partial charge in [0.15, 0.2) is 0 Å². The van der Waals surface area contributed by atoms with E-state index in [1.165, 1.54) is 24.9 Å². The maximum Gasteiger partial charge on any atom is 0.117 e. The molecule has 0 spiro atoms. The van der Waals surface area contributed by atoms with Crippen molar-refractivity contribution < 1.29 is 4.42 Å². The number of hydrogen-bond donors (Lipinski definition) is 0. The lowest BCUT2D eigenvalue weighted by Crippen LogP contribution is -2.39. The van der Waals surface area contributed by atoms with E-state index in [9.17, 15) is 0 Å². The van der Waals surface area contributed by atoms with Crippen LogP contribution in [0.1, 0.15) is 31.1 Å². The first kappa shape index (κ1) is 15.3. The van der Waals surface area contributed by atoms with Crippen LogP contribution in [0.25, 0.3) is 0 Å². The summed E-state index contributed by atoms with van der Waals surface area (Å²) in [4.78, 5) is 9.20. The van der Waals surface area contributed by atoms with Crippen LogP contribution in [0.15, 0.2) is 47.3 Å². The first-order valence-corrected chi connectivity index (χ1v) is 8.23. The number of hydrogen-bond acceptors (Lipinski definition) is 4. The fourth-order valence-corrected chi connectivity index (χ4v) is 3.37. The Morgan fingerprint density at radius 3 is 2.86 bits per heavy atom. The van der Waals surface area contributed by atoms with Crippen molar-refractivity contribution in [3.05, 3.63) is 54.2 Å². The molecule has 2 aromatic heterocycles. The third-order valence-corrected chi connectivity index (χ3v) is 4.49. The summed E-state index contributed by atoms with van der Waals surface area (Å²) in [5.41, 5.74) is 1.31. The van der Waals surface area contributed by atoms with Gasteiger partial charge in [-0.25, -0.2) is 0 Å². The second kappa shape index (κ2) is 7.56. The number of nitrogens with zero attached hydrogens (tertiary/aromatic N) is 3. The van der Waals surface area contributed by atoms with Crippen molar-refractivity contribution in [3.63, 3.8) is 0 Å². The van der Waals surface area contributed by atoms with E-state index in [0.29, 0.717) is 6.04 Å². The molecule has 118 valence electrons. The SMILES string of the molecule is CCN1CCCC1CN(Cc1ccncc1)Cc1ccco1. The summed E-state index contributed by atoms with van der Waals surface area (Å²) in [5.74, 6) is 1.04. The van der Waals surface area contributed by atoms with E-state index in [2.05, 4.69) is 39.9 Å². The molecule has 4 nitrogen and oxygen atoms in total. The molecule has 1 unspecified atom stereocenters. The van der Waals surface area contributed by atoms with Gasteiger partial charge in [-0.1, -0.05) is 6.92 Å². The molecule has 1 fully saturated rings. The summed E-state index contributed by atoms with van der Waals surface area (Å²) in [6.45, 7) is 7.55. The third-order valence-electron chi connectivity index (χ3n) is 4.49. The number of aromatic nitrogens is 1. The van der Waals surface area contributed by atoms with Gasteiger partial charge >= 0.3 is 0 Å². The highest BCUT2D eigenvalue weighted by molar-refractivity contribution is 5.10. The van der Waals surface area contributed by atoms with Crippen LogP contribution >= 0.6 is 0 Å². The van der Waals surface area contributed by atoms with E-state index in [-0.39, 0.29) is 0 Å². The second-order valence-electron chi connectivity index (χ2n) is 6.03. The van der Waals surface area contributed by atoms with Crippen molar-refractivity contribution in [1.82, 2.24) is 14.8 Å². The number of likely N-dealkylation sites (N-methyl/N-ethyl adjacent to an activating group) is 1. The fourth-order valence-electron chi connectivity index (χ4n) is 3.37. The van der Waals surface area contributed by atoms with Crippen LogP contribution in [-0.2, 0) is 13.1 Å². The smallest absolute Gasteiger partial charge is 0.117 e. The van der Waals surface area contributed by atoms with Gasteiger partial charge in [-0.3, -0.25) is 14.8 Å². The highest BCUT2D eigenvalue weighted by Crippen LogP contribution is 2.20. The first-order valence-electron chi connectivity index (χ1n) is 8.23. The minimum atomic E-state index is 0.668. The van der Waals surface area contributed by atoms with E-state index >= 15 is 0 Å². The molecule has 1 saturated heterocycles. The molecule has 0 saturated carbocycles. The molecule has 0 N–H and O–H groups in total. The summed E-state index contributed by atoms with van der Waals surface area (Å²) >= 11 is 0. The maximum absolute atomic E-state index is 5.55. The topological polar surface area (TPSA) is 32.5 Å². The molecule has 4 heteroatoms. The van der Waals surface area contributed by atoms with Gasteiger partial charge in [-0.2, -0.15) is 0 Å². The van der Waals surface area contributed by atoms with E-state index in [0.717, 1.165) is 31.9 Å². The van der Waals surface area contributed by atoms with Gasteiger partial charge in [0.1, 0.15) is 5.76 Å². The average molecular weight is 299 g/mol. The van der Waals surface area contributed by atoms with E-state index in [1.54, 1.807) is 6.26 Å². The summed E-state index contributed by atoms with van der Waals surface area (Å²) in [7, 11) is 0. The predicted molar refractivity (Wildman–Crippen MR) is 87.3 cm³/mol. The molecule has 2 aromatic rings. The minimum Gasteiger partial charge on any atom is -0.468 e. The second-order valence-corrected chi connectivity index (χ2v) is 6.03. The normalized spacial score (nSPS) is 19.1. The Balaban J connectivity index is 1.68. The van der Waals surface area contributed by atoms with Crippen LogP contribution in [0.4, 0.5) is 0 Å². The Labute approximate surface area is 132 Å². The van der Waals surface area contributed by atoms with Crippen molar-refractivity contribution in [2.45, 2.75) is 38.9 Å². The molecule has 0 amide bonds. The van der Waals surface area contributed by atoms with Gasteiger partial charge < -0.3 is 4.42 Å². The van der Waals surface area contributed by atoms with Crippen LogP contribution in [0.3, 0.4) is 0 Å². The number of likely N-dealkylation sites (tertiary alicyclic amines) is 1. The lowest BCUT2D eigenvalue weighted by molar-refractivity contribution is 0.158. The van der Waals surface area contributed by atoms with Crippen molar-refractivity contribution in [3.8, 4) is 0 Å². The predicted octanol–water partition coefficient (Wildman–Crippen LogP) is 3.16. The monoisotopic (exact) mass is 299 g/mol. The quantitative estimate of drug-likeness (QED) is 0.786. The number of rotatable bonds is 7. The molecule has 0 aromatic carbocycles. The molecule has 1 aliphatic heterocycles. The van der Waals surface area contributed by atoms with Gasteiger partial charge in [-0.05, 0) is 55.8 Å². The Morgan fingerprint density at radius 1 is 1.27 bits per heavy atom. The molecule has 1 atom stereocenters. The molecule has 3 heterocycles. The zero-order valence-electron chi connectivity index (χ0n) is 13.3. The van der Waals surface area contributed by atoms with Crippen LogP contribution in [0.2, 0.25) is 0 Å². The van der Waals surface area contributed by atoms with Gasteiger partial charge in [0.25, 0.3) is 0 Å². The van der Waals surface area contributed by atoms with Gasteiger partial charge in [0.05, 0.1) is 12.8 Å². The number of furan rings is 1. The highest BCUT2D eigenvalue weighted by Gasteiger charge is 2.25. The van der Waals surface area contributed by atoms with E-state index in [1.807, 2.05) is 18.5 Å². The summed E-state index contributed by atoms with van der Waals surface area (Å²) in [6.07, 6.45) is 8.12. The van der Waals surface area contributed by atoms with Crippen molar-refractivity contribution in [2.75, 3.05) is 19.6 Å². The van der Waals surface area contributed by atoms with Crippen molar-refractivity contribution in [2.24, 2.45) is 0 Å². The van der Waals surface area contributed by atoms with Crippen LogP contribution in [0.5, 0.6) is 0 Å². The van der Waals surface area contributed by atoms with Gasteiger partial charge in [-0.15, -0.1) is 0 Å². The molecular weight excluding hydrogens is 274 g/mol. The summed E-state index contributed by atoms with van der Waals surface area (Å²) in [6, 6.07) is 8.89. The van der Waals surface area contributed by atoms with Gasteiger partial charge in [0, 0.05) is 31.5 Å². The molecular formula is C18H25N3O. The number of pyridine rings is 1. The van der Waals surface area contributed by atoms with Crippen molar-refractivity contribution in [1.29, 1.82) is 0 Å². The van der Waals surface area contributed by atoms with E-state index in [4.69, 9.17) is 4.42 Å². The minimum absolute atomic E-state index is 0.668. The lowest BCUT2D eigenvalue weighted by atomic mass is 10.1. The standard InChI is InChI=1S/C18H25N3O/c1-2-21-11-3-5-17(21)14-20(15-18-6-4-12-22-18)13-16-7-9-19-10-8-16/h4,6-10,12,17H,2-3,5,11,13-15H2,1H3. The maximum atomic E-state index is 5.55. The Hall–Kier alpha value is -1.65. The van der Waals surface area contributed by atoms with Crippen LogP contribution < -0.4 is 0 Å². The third kappa shape index (κ3) is 3.96. The van der Waals surface area contributed by atoms with E-state index < -0.39 is 0 Å². The molecule has 22 heavy (non-hydrogen) atoms. The van der Waals surface area contributed by atoms with Crippen molar-refractivity contribution >= 4 is 0 Å². The lowest BCUT2D eigenvalue weighted by Gasteiger charge is -2.29. The Bertz CT molecular complexity index is 541. The average Bonchev–Trinajstić information content (AvgIpc) is 3.20. The molecule has 1 aliphatic rings. The molecule has 0 radical (unpaired) electrons. The zero-order chi connectivity index (χ0) is 15.2. The zero-order valence-corrected chi connectivity index (χ0v) is 13.3.